The summed E-state index contributed by atoms with van der Waals surface area (Å²) in [5.74, 6) is 1.32. The Bertz CT molecular complexity index is 427. The van der Waals surface area contributed by atoms with Crippen molar-refractivity contribution in [1.82, 2.24) is 5.32 Å². The molecule has 0 saturated heterocycles. The highest BCUT2D eigenvalue weighted by atomic mass is 79.9. The Kier molecular flexibility index (Phi) is 4.89. The Morgan fingerprint density at radius 3 is 2.72 bits per heavy atom. The Morgan fingerprint density at radius 2 is 2.11 bits per heavy atom. The van der Waals surface area contributed by atoms with E-state index in [0.717, 1.165) is 19.6 Å². The number of hydrogen-bond acceptors (Lipinski definition) is 2. The zero-order valence-electron chi connectivity index (χ0n) is 10.5. The molecule has 1 saturated carbocycles. The molecule has 1 heterocycles. The predicted octanol–water partition coefficient (Wildman–Crippen LogP) is 4.83. The van der Waals surface area contributed by atoms with Crippen molar-refractivity contribution in [1.29, 1.82) is 0 Å². The monoisotopic (exact) mass is 393 g/mol. The van der Waals surface area contributed by atoms with Gasteiger partial charge in [-0.05, 0) is 56.2 Å². The van der Waals surface area contributed by atoms with Crippen molar-refractivity contribution in [2.45, 2.75) is 39.2 Å². The fraction of sp³-hybridized carbons (Fsp3) is 0.615. The number of carbonyl (C=O) groups excluding carboxylic acids is 1. The van der Waals surface area contributed by atoms with Crippen LogP contribution in [0.1, 0.15) is 42.8 Å². The lowest BCUT2D eigenvalue weighted by atomic mass is 9.78. The van der Waals surface area contributed by atoms with Gasteiger partial charge in [0.25, 0.3) is 5.91 Å². The molecule has 2 nitrogen and oxygen atoms in total. The van der Waals surface area contributed by atoms with Crippen LogP contribution in [0.5, 0.6) is 0 Å². The molecule has 100 valence electrons. The maximum Gasteiger partial charge on any atom is 0.261 e. The van der Waals surface area contributed by atoms with Crippen LogP contribution < -0.4 is 5.32 Å². The van der Waals surface area contributed by atoms with E-state index in [4.69, 9.17) is 0 Å². The molecule has 1 N–H and O–H groups in total. The molecule has 0 aliphatic heterocycles. The highest BCUT2D eigenvalue weighted by molar-refractivity contribution is 9.13. The van der Waals surface area contributed by atoms with Crippen LogP contribution in [0.4, 0.5) is 0 Å². The van der Waals surface area contributed by atoms with Crippen LogP contribution in [0.15, 0.2) is 14.3 Å². The molecule has 0 spiro atoms. The summed E-state index contributed by atoms with van der Waals surface area (Å²) in [6, 6.07) is 2.20. The van der Waals surface area contributed by atoms with Crippen LogP contribution in [0.25, 0.3) is 0 Å². The third-order valence-electron chi connectivity index (χ3n) is 3.89. The van der Waals surface area contributed by atoms with Crippen molar-refractivity contribution in [3.8, 4) is 0 Å². The van der Waals surface area contributed by atoms with Gasteiger partial charge in [0.15, 0.2) is 0 Å². The second-order valence-electron chi connectivity index (χ2n) is 5.08. The van der Waals surface area contributed by atoms with Crippen molar-refractivity contribution in [3.05, 3.63) is 19.2 Å². The van der Waals surface area contributed by atoms with Crippen molar-refractivity contribution in [2.24, 2.45) is 11.8 Å². The summed E-state index contributed by atoms with van der Waals surface area (Å²) < 4.78 is 1.92. The van der Waals surface area contributed by atoms with Crippen LogP contribution in [0.2, 0.25) is 0 Å². The van der Waals surface area contributed by atoms with Gasteiger partial charge >= 0.3 is 0 Å². The van der Waals surface area contributed by atoms with Gasteiger partial charge in [-0.25, -0.2) is 0 Å². The highest BCUT2D eigenvalue weighted by Crippen LogP contribution is 2.33. The molecule has 1 amide bonds. The molecule has 1 aromatic rings. The first-order chi connectivity index (χ1) is 8.49. The van der Waals surface area contributed by atoms with E-state index in [9.17, 15) is 4.79 Å². The molecule has 18 heavy (non-hydrogen) atoms. The van der Waals surface area contributed by atoms with E-state index < -0.39 is 0 Å². The Balaban J connectivity index is 2.02. The van der Waals surface area contributed by atoms with Crippen LogP contribution in [0, 0.1) is 11.8 Å². The van der Waals surface area contributed by atoms with Crippen molar-refractivity contribution < 1.29 is 4.79 Å². The van der Waals surface area contributed by atoms with Gasteiger partial charge in [0.05, 0.1) is 8.66 Å². The fourth-order valence-electron chi connectivity index (χ4n) is 2.48. The largest absolute Gasteiger partial charge is 0.348 e. The highest BCUT2D eigenvalue weighted by Gasteiger charge is 2.28. The molecule has 3 atom stereocenters. The average molecular weight is 395 g/mol. The van der Waals surface area contributed by atoms with E-state index in [2.05, 4.69) is 51.0 Å². The summed E-state index contributed by atoms with van der Waals surface area (Å²) in [4.78, 5) is 13.0. The summed E-state index contributed by atoms with van der Waals surface area (Å²) in [6.45, 7) is 4.52. The van der Waals surface area contributed by atoms with Gasteiger partial charge in [0.2, 0.25) is 0 Å². The zero-order valence-corrected chi connectivity index (χ0v) is 14.5. The fourth-order valence-corrected chi connectivity index (χ4v) is 4.42. The molecule has 2 rings (SSSR count). The maximum absolute atomic E-state index is 12.2. The van der Waals surface area contributed by atoms with Crippen LogP contribution in [-0.2, 0) is 0 Å². The molecule has 1 aliphatic rings. The number of nitrogens with one attached hydrogen (secondary N) is 1. The van der Waals surface area contributed by atoms with E-state index in [1.807, 2.05) is 6.07 Å². The van der Waals surface area contributed by atoms with E-state index in [0.29, 0.717) is 17.9 Å². The topological polar surface area (TPSA) is 29.1 Å². The molecule has 5 heteroatoms. The smallest absolute Gasteiger partial charge is 0.261 e. The van der Waals surface area contributed by atoms with E-state index in [1.165, 1.54) is 24.2 Å². The van der Waals surface area contributed by atoms with Gasteiger partial charge in [-0.3, -0.25) is 4.79 Å². The summed E-state index contributed by atoms with van der Waals surface area (Å²) >= 11 is 8.31. The Hall–Kier alpha value is 0.130. The first-order valence-corrected chi connectivity index (χ1v) is 8.65. The van der Waals surface area contributed by atoms with E-state index >= 15 is 0 Å². The number of carbonyl (C=O) groups is 1. The van der Waals surface area contributed by atoms with Gasteiger partial charge in [0.1, 0.15) is 0 Å². The standard InChI is InChI=1S/C13H17Br2NOS/c1-7-4-3-5-10(8(7)2)16-13(17)11-6-9(14)12(15)18-11/h6-8,10H,3-5H2,1-2H3,(H,16,17)/t7-,8+,10+/m1/s1. The lowest BCUT2D eigenvalue weighted by Gasteiger charge is -2.34. The number of halogens is 2. The van der Waals surface area contributed by atoms with Gasteiger partial charge in [-0.1, -0.05) is 26.7 Å². The van der Waals surface area contributed by atoms with Gasteiger partial charge in [0, 0.05) is 10.5 Å². The van der Waals surface area contributed by atoms with Gasteiger partial charge in [-0.2, -0.15) is 0 Å². The second-order valence-corrected chi connectivity index (χ2v) is 8.30. The lowest BCUT2D eigenvalue weighted by molar-refractivity contribution is 0.0895. The number of hydrogen-bond donors (Lipinski definition) is 1. The summed E-state index contributed by atoms with van der Waals surface area (Å²) in [7, 11) is 0. The normalized spacial score (nSPS) is 28.1. The first-order valence-electron chi connectivity index (χ1n) is 6.24. The summed E-state index contributed by atoms with van der Waals surface area (Å²) in [6.07, 6.45) is 3.60. The molecule has 1 aliphatic carbocycles. The second kappa shape index (κ2) is 6.06. The molecule has 1 aromatic heterocycles. The molecular formula is C13H17Br2NOS. The van der Waals surface area contributed by atoms with Crippen LogP contribution in [-0.4, -0.2) is 11.9 Å². The minimum absolute atomic E-state index is 0.0531. The molecule has 0 unspecified atom stereocenters. The van der Waals surface area contributed by atoms with Gasteiger partial charge < -0.3 is 5.32 Å². The third kappa shape index (κ3) is 3.17. The first kappa shape index (κ1) is 14.5. The quantitative estimate of drug-likeness (QED) is 0.764. The zero-order chi connectivity index (χ0) is 13.3. The predicted molar refractivity (Wildman–Crippen MR) is 83.2 cm³/mol. The molecule has 0 bridgehead atoms. The Labute approximate surface area is 129 Å². The Morgan fingerprint density at radius 1 is 1.39 bits per heavy atom. The maximum atomic E-state index is 12.2. The van der Waals surface area contributed by atoms with Crippen LogP contribution in [0.3, 0.4) is 0 Å². The minimum Gasteiger partial charge on any atom is -0.348 e. The van der Waals surface area contributed by atoms with Crippen molar-refractivity contribution >= 4 is 49.1 Å². The number of amides is 1. The molecular weight excluding hydrogens is 378 g/mol. The SMILES string of the molecule is C[C@H]1[C@H](C)CCC[C@@H]1NC(=O)c1cc(Br)c(Br)s1. The van der Waals surface area contributed by atoms with Crippen molar-refractivity contribution in [2.75, 3.05) is 0 Å². The molecule has 1 fully saturated rings. The number of thiophene rings is 1. The lowest BCUT2D eigenvalue weighted by Crippen LogP contribution is -2.43. The van der Waals surface area contributed by atoms with Crippen LogP contribution >= 0.6 is 43.2 Å². The summed E-state index contributed by atoms with van der Waals surface area (Å²) in [5.41, 5.74) is 0. The molecule has 0 aromatic carbocycles. The number of rotatable bonds is 2. The minimum atomic E-state index is 0.0531. The third-order valence-corrected chi connectivity index (χ3v) is 7.15. The van der Waals surface area contributed by atoms with E-state index in [1.54, 1.807) is 0 Å². The molecule has 0 radical (unpaired) electrons. The van der Waals surface area contributed by atoms with Crippen molar-refractivity contribution in [3.63, 3.8) is 0 Å². The average Bonchev–Trinajstić information content (AvgIpc) is 2.66. The van der Waals surface area contributed by atoms with E-state index in [-0.39, 0.29) is 5.91 Å². The summed E-state index contributed by atoms with van der Waals surface area (Å²) in [5, 5.41) is 3.19. The van der Waals surface area contributed by atoms with Gasteiger partial charge in [-0.15, -0.1) is 11.3 Å².